The predicted octanol–water partition coefficient (Wildman–Crippen LogP) is -0.222. The summed E-state index contributed by atoms with van der Waals surface area (Å²) in [5, 5.41) is 25.3. The van der Waals surface area contributed by atoms with E-state index in [0.29, 0.717) is 11.4 Å². The molecule has 0 aliphatic heterocycles. The second kappa shape index (κ2) is 3.39. The summed E-state index contributed by atoms with van der Waals surface area (Å²) in [6, 6.07) is 1.85. The number of nitrogens with zero attached hydrogens (tertiary/aromatic N) is 2. The molecule has 3 N–H and O–H groups in total. The lowest BCUT2D eigenvalue weighted by Crippen LogP contribution is -2.13. The summed E-state index contributed by atoms with van der Waals surface area (Å²) < 4.78 is 0. The Morgan fingerprint density at radius 3 is 3.25 bits per heavy atom. The van der Waals surface area contributed by atoms with Crippen molar-refractivity contribution in [2.45, 2.75) is 0 Å². The molecule has 62 valence electrons. The zero-order valence-electron chi connectivity index (χ0n) is 6.03. The predicted molar refractivity (Wildman–Crippen MR) is 39.4 cm³/mol. The highest BCUT2D eigenvalue weighted by atomic mass is 16.4. The fourth-order valence-electron chi connectivity index (χ4n) is 0.670. The van der Waals surface area contributed by atoms with E-state index in [1.165, 1.54) is 6.20 Å². The van der Waals surface area contributed by atoms with Crippen molar-refractivity contribution in [3.05, 3.63) is 11.8 Å². The molecule has 0 bridgehead atoms. The van der Waals surface area contributed by atoms with E-state index in [9.17, 15) is 4.79 Å². The first-order valence-electron chi connectivity index (χ1n) is 3.13. The van der Waals surface area contributed by atoms with Gasteiger partial charge in [-0.1, -0.05) is 0 Å². The van der Waals surface area contributed by atoms with E-state index in [-0.39, 0.29) is 6.54 Å². The molecular formula is C6H6N4O2. The average molecular weight is 166 g/mol. The average Bonchev–Trinajstić information content (AvgIpc) is 2.47. The molecule has 0 aliphatic carbocycles. The normalized spacial score (nSPS) is 8.92. The number of hydrogen-bond acceptors (Lipinski definition) is 4. The highest BCUT2D eigenvalue weighted by Crippen LogP contribution is 2.07. The van der Waals surface area contributed by atoms with Crippen LogP contribution < -0.4 is 5.32 Å². The molecule has 1 aromatic rings. The maximum Gasteiger partial charge on any atom is 0.322 e. The topological polar surface area (TPSA) is 102 Å². The summed E-state index contributed by atoms with van der Waals surface area (Å²) in [5.74, 6) is -0.659. The van der Waals surface area contributed by atoms with Gasteiger partial charge in [-0.3, -0.25) is 9.89 Å². The van der Waals surface area contributed by atoms with E-state index in [2.05, 4.69) is 15.5 Å². The number of aromatic nitrogens is 2. The van der Waals surface area contributed by atoms with Gasteiger partial charge >= 0.3 is 5.97 Å². The first-order chi connectivity index (χ1) is 5.74. The van der Waals surface area contributed by atoms with Crippen molar-refractivity contribution >= 4 is 11.8 Å². The van der Waals surface area contributed by atoms with Gasteiger partial charge in [0.05, 0.1) is 6.20 Å². The number of nitriles is 1. The highest BCUT2D eigenvalue weighted by Gasteiger charge is 2.04. The number of aliphatic carboxylic acids is 1. The van der Waals surface area contributed by atoms with Crippen LogP contribution in [-0.2, 0) is 4.79 Å². The molecule has 0 atom stereocenters. The summed E-state index contributed by atoms with van der Waals surface area (Å²) in [6.07, 6.45) is 1.32. The Morgan fingerprint density at radius 1 is 1.92 bits per heavy atom. The van der Waals surface area contributed by atoms with Crippen LogP contribution in [0.15, 0.2) is 6.20 Å². The molecule has 1 rings (SSSR count). The van der Waals surface area contributed by atoms with E-state index in [1.807, 2.05) is 6.07 Å². The van der Waals surface area contributed by atoms with Gasteiger partial charge < -0.3 is 10.4 Å². The number of aromatic amines is 1. The molecule has 1 aromatic heterocycles. The smallest absolute Gasteiger partial charge is 0.322 e. The Hall–Kier alpha value is -2.03. The summed E-state index contributed by atoms with van der Waals surface area (Å²) in [4.78, 5) is 10.1. The molecule has 0 spiro atoms. The molecule has 0 saturated heterocycles. The lowest BCUT2D eigenvalue weighted by Gasteiger charge is -1.97. The van der Waals surface area contributed by atoms with Gasteiger partial charge in [0.15, 0.2) is 0 Å². The highest BCUT2D eigenvalue weighted by molar-refractivity contribution is 5.72. The van der Waals surface area contributed by atoms with Gasteiger partial charge in [-0.2, -0.15) is 10.4 Å². The van der Waals surface area contributed by atoms with Crippen LogP contribution in [0.4, 0.5) is 5.82 Å². The molecule has 12 heavy (non-hydrogen) atoms. The van der Waals surface area contributed by atoms with Gasteiger partial charge in [-0.15, -0.1) is 0 Å². The Kier molecular flexibility index (Phi) is 2.28. The Bertz CT molecular complexity index is 325. The first-order valence-corrected chi connectivity index (χ1v) is 3.13. The number of nitrogens with one attached hydrogen (secondary N) is 2. The van der Waals surface area contributed by atoms with Crippen LogP contribution in [0.2, 0.25) is 0 Å². The third kappa shape index (κ3) is 1.73. The van der Waals surface area contributed by atoms with E-state index in [0.717, 1.165) is 0 Å². The van der Waals surface area contributed by atoms with Crippen LogP contribution in [0.3, 0.4) is 0 Å². The lowest BCUT2D eigenvalue weighted by atomic mass is 10.3. The van der Waals surface area contributed by atoms with Crippen molar-refractivity contribution < 1.29 is 9.90 Å². The number of carboxylic acids is 1. The standard InChI is InChI=1S/C6H6N4O2/c7-1-4-2-9-10-6(4)8-3-5(11)12/h2H,3H2,(H,11,12)(H2,8,9,10). The molecule has 0 aromatic carbocycles. The molecule has 0 radical (unpaired) electrons. The number of carbonyl (C=O) groups is 1. The number of anilines is 1. The number of hydrogen-bond donors (Lipinski definition) is 3. The number of carboxylic acid groups (broad SMARTS) is 1. The van der Waals surface area contributed by atoms with Gasteiger partial charge in [0, 0.05) is 0 Å². The van der Waals surface area contributed by atoms with Gasteiger partial charge in [-0.25, -0.2) is 0 Å². The maximum atomic E-state index is 10.1. The third-order valence-electron chi connectivity index (χ3n) is 1.18. The lowest BCUT2D eigenvalue weighted by molar-refractivity contribution is -0.134. The van der Waals surface area contributed by atoms with E-state index >= 15 is 0 Å². The maximum absolute atomic E-state index is 10.1. The molecule has 6 nitrogen and oxygen atoms in total. The largest absolute Gasteiger partial charge is 0.480 e. The fourth-order valence-corrected chi connectivity index (χ4v) is 0.670. The third-order valence-corrected chi connectivity index (χ3v) is 1.18. The minimum absolute atomic E-state index is 0.239. The van der Waals surface area contributed by atoms with Gasteiger partial charge in [-0.05, 0) is 0 Å². The SMILES string of the molecule is N#Cc1cn[nH]c1NCC(=O)O. The molecule has 6 heteroatoms. The Balaban J connectivity index is 2.64. The molecule has 0 aliphatic rings. The van der Waals surface area contributed by atoms with Crippen LogP contribution in [-0.4, -0.2) is 27.8 Å². The molecule has 0 amide bonds. The number of rotatable bonds is 3. The van der Waals surface area contributed by atoms with Crippen molar-refractivity contribution in [2.24, 2.45) is 0 Å². The Morgan fingerprint density at radius 2 is 2.67 bits per heavy atom. The van der Waals surface area contributed by atoms with Crippen LogP contribution >= 0.6 is 0 Å². The molecule has 1 heterocycles. The summed E-state index contributed by atoms with van der Waals surface area (Å²) in [5.41, 5.74) is 0.302. The second-order valence-electron chi connectivity index (χ2n) is 2.02. The van der Waals surface area contributed by atoms with Crippen molar-refractivity contribution in [3.63, 3.8) is 0 Å². The summed E-state index contributed by atoms with van der Waals surface area (Å²) >= 11 is 0. The van der Waals surface area contributed by atoms with E-state index in [4.69, 9.17) is 10.4 Å². The van der Waals surface area contributed by atoms with Crippen molar-refractivity contribution in [3.8, 4) is 6.07 Å². The molecular weight excluding hydrogens is 160 g/mol. The van der Waals surface area contributed by atoms with Gasteiger partial charge in [0.1, 0.15) is 24.0 Å². The van der Waals surface area contributed by atoms with Crippen LogP contribution in [0.5, 0.6) is 0 Å². The monoisotopic (exact) mass is 166 g/mol. The summed E-state index contributed by atoms with van der Waals surface area (Å²) in [6.45, 7) is -0.239. The van der Waals surface area contributed by atoms with Crippen molar-refractivity contribution in [1.29, 1.82) is 5.26 Å². The Labute approximate surface area is 67.8 Å². The van der Waals surface area contributed by atoms with E-state index in [1.54, 1.807) is 0 Å². The van der Waals surface area contributed by atoms with Crippen molar-refractivity contribution in [1.82, 2.24) is 10.2 Å². The zero-order valence-corrected chi connectivity index (χ0v) is 6.03. The summed E-state index contributed by atoms with van der Waals surface area (Å²) in [7, 11) is 0. The zero-order chi connectivity index (χ0) is 8.97. The van der Waals surface area contributed by atoms with Crippen molar-refractivity contribution in [2.75, 3.05) is 11.9 Å². The minimum atomic E-state index is -0.992. The fraction of sp³-hybridized carbons (Fsp3) is 0.167. The van der Waals surface area contributed by atoms with Gasteiger partial charge in [0.25, 0.3) is 0 Å². The number of H-pyrrole nitrogens is 1. The minimum Gasteiger partial charge on any atom is -0.480 e. The quantitative estimate of drug-likeness (QED) is 0.576. The van der Waals surface area contributed by atoms with Gasteiger partial charge in [0.2, 0.25) is 0 Å². The van der Waals surface area contributed by atoms with E-state index < -0.39 is 5.97 Å². The molecule has 0 saturated carbocycles. The molecule has 0 fully saturated rings. The van der Waals surface area contributed by atoms with Crippen LogP contribution in [0, 0.1) is 11.3 Å². The van der Waals surface area contributed by atoms with Crippen LogP contribution in [0.1, 0.15) is 5.56 Å². The molecule has 0 unspecified atom stereocenters. The first kappa shape index (κ1) is 8.07. The van der Waals surface area contributed by atoms with Crippen LogP contribution in [0.25, 0.3) is 0 Å². The second-order valence-corrected chi connectivity index (χ2v) is 2.02.